The van der Waals surface area contributed by atoms with Crippen LogP contribution in [-0.4, -0.2) is 27.1 Å². The highest BCUT2D eigenvalue weighted by Crippen LogP contribution is 2.48. The molecule has 1 aliphatic rings. The van der Waals surface area contributed by atoms with E-state index in [2.05, 4.69) is 15.4 Å². The van der Waals surface area contributed by atoms with E-state index in [0.29, 0.717) is 5.75 Å². The number of rotatable bonds is 5. The van der Waals surface area contributed by atoms with Crippen LogP contribution in [0.5, 0.6) is 11.6 Å². The lowest BCUT2D eigenvalue weighted by Gasteiger charge is -2.35. The van der Waals surface area contributed by atoms with Crippen molar-refractivity contribution in [3.63, 3.8) is 0 Å². The maximum Gasteiger partial charge on any atom is 0.269 e. The van der Waals surface area contributed by atoms with Crippen molar-refractivity contribution in [3.8, 4) is 22.8 Å². The fraction of sp³-hybridized carbons (Fsp3) is 0.250. The summed E-state index contributed by atoms with van der Waals surface area (Å²) in [7, 11) is 0. The molecule has 1 saturated carbocycles. The third-order valence-electron chi connectivity index (χ3n) is 4.74. The van der Waals surface area contributed by atoms with Gasteiger partial charge >= 0.3 is 0 Å². The Morgan fingerprint density at radius 3 is 2.22 bits per heavy atom. The minimum atomic E-state index is -2.51. The van der Waals surface area contributed by atoms with Gasteiger partial charge in [-0.1, -0.05) is 46.7 Å². The smallest absolute Gasteiger partial charge is 0.269 e. The highest BCUT2D eigenvalue weighted by molar-refractivity contribution is 5.94. The molecule has 1 heterocycles. The van der Waals surface area contributed by atoms with E-state index in [1.165, 1.54) is 6.92 Å². The molecule has 0 aliphatic heterocycles. The molecule has 1 N–H and O–H groups in total. The first-order chi connectivity index (χ1) is 12.9. The van der Waals surface area contributed by atoms with Crippen LogP contribution < -0.4 is 4.74 Å². The summed E-state index contributed by atoms with van der Waals surface area (Å²) >= 11 is 0. The number of ether oxygens (including phenoxy) is 1. The maximum atomic E-state index is 13.0. The predicted octanol–water partition coefficient (Wildman–Crippen LogP) is 4.98. The number of ketones is 1. The van der Waals surface area contributed by atoms with Gasteiger partial charge in [0.2, 0.25) is 5.92 Å². The summed E-state index contributed by atoms with van der Waals surface area (Å²) in [6, 6.07) is 15.0. The summed E-state index contributed by atoms with van der Waals surface area (Å²) in [6.45, 7) is 1.40. The van der Waals surface area contributed by atoms with Gasteiger partial charge in [-0.05, 0) is 34.7 Å². The molecular weight excluding hydrogens is 352 g/mol. The van der Waals surface area contributed by atoms with E-state index in [9.17, 15) is 13.6 Å². The molecule has 1 aromatic heterocycles. The van der Waals surface area contributed by atoms with Gasteiger partial charge in [0.05, 0.1) is 0 Å². The van der Waals surface area contributed by atoms with Gasteiger partial charge in [0.1, 0.15) is 5.75 Å². The monoisotopic (exact) mass is 369 g/mol. The van der Waals surface area contributed by atoms with Gasteiger partial charge in [-0.25, -0.2) is 8.78 Å². The van der Waals surface area contributed by atoms with Gasteiger partial charge in [-0.15, -0.1) is 0 Å². The second kappa shape index (κ2) is 6.57. The number of aromatic nitrogens is 3. The van der Waals surface area contributed by atoms with Crippen molar-refractivity contribution in [3.05, 3.63) is 59.8 Å². The molecule has 1 fully saturated rings. The van der Waals surface area contributed by atoms with Gasteiger partial charge in [0.25, 0.3) is 5.88 Å². The fourth-order valence-electron chi connectivity index (χ4n) is 3.19. The number of nitrogens with zero attached hydrogens (tertiary/aromatic N) is 2. The summed E-state index contributed by atoms with van der Waals surface area (Å²) < 4.78 is 31.6. The topological polar surface area (TPSA) is 67.9 Å². The van der Waals surface area contributed by atoms with E-state index in [-0.39, 0.29) is 36.1 Å². The lowest BCUT2D eigenvalue weighted by atomic mass is 9.76. The zero-order valence-corrected chi connectivity index (χ0v) is 14.6. The van der Waals surface area contributed by atoms with Crippen LogP contribution in [0.4, 0.5) is 8.78 Å². The maximum absolute atomic E-state index is 13.0. The SMILES string of the molecule is CC(=O)c1[nH]nnc1Oc1ccc(-c2ccc(C3CC(F)(F)C3)cc2)cc1. The number of hydrogen-bond donors (Lipinski definition) is 1. The molecular formula is C20H17F2N3O2. The summed E-state index contributed by atoms with van der Waals surface area (Å²) in [6.07, 6.45) is -0.134. The largest absolute Gasteiger partial charge is 0.436 e. The lowest BCUT2D eigenvalue weighted by molar-refractivity contribution is -0.0867. The summed E-state index contributed by atoms with van der Waals surface area (Å²) in [5.41, 5.74) is 3.13. The molecule has 1 aliphatic carbocycles. The number of hydrogen-bond acceptors (Lipinski definition) is 4. The predicted molar refractivity (Wildman–Crippen MR) is 95.3 cm³/mol. The third kappa shape index (κ3) is 3.58. The minimum absolute atomic E-state index is 0.0530. The molecule has 4 rings (SSSR count). The van der Waals surface area contributed by atoms with Crippen LogP contribution in [0, 0.1) is 0 Å². The quantitative estimate of drug-likeness (QED) is 0.644. The molecule has 27 heavy (non-hydrogen) atoms. The summed E-state index contributed by atoms with van der Waals surface area (Å²) in [5, 5.41) is 9.85. The van der Waals surface area contributed by atoms with Crippen LogP contribution in [0.25, 0.3) is 11.1 Å². The van der Waals surface area contributed by atoms with Crippen molar-refractivity contribution < 1.29 is 18.3 Å². The minimum Gasteiger partial charge on any atom is -0.436 e. The molecule has 7 heteroatoms. The molecule has 0 unspecified atom stereocenters. The molecule has 2 aromatic carbocycles. The zero-order valence-electron chi connectivity index (χ0n) is 14.6. The second-order valence-electron chi connectivity index (χ2n) is 6.76. The van der Waals surface area contributed by atoms with Crippen LogP contribution in [0.15, 0.2) is 48.5 Å². The van der Waals surface area contributed by atoms with Gasteiger partial charge in [-0.2, -0.15) is 0 Å². The zero-order chi connectivity index (χ0) is 19.0. The number of nitrogens with one attached hydrogen (secondary N) is 1. The molecule has 5 nitrogen and oxygen atoms in total. The number of carbonyl (C=O) groups excluding carboxylic acids is 1. The van der Waals surface area contributed by atoms with Gasteiger partial charge in [-0.3, -0.25) is 9.89 Å². The first kappa shape index (κ1) is 17.3. The van der Waals surface area contributed by atoms with Crippen LogP contribution in [0.3, 0.4) is 0 Å². The van der Waals surface area contributed by atoms with Crippen LogP contribution in [0.2, 0.25) is 0 Å². The Labute approximate surface area is 154 Å². The Hall–Kier alpha value is -3.09. The van der Waals surface area contributed by atoms with Gasteiger partial charge < -0.3 is 4.74 Å². The number of Topliss-reactive ketones (excluding diaryl/α,β-unsaturated/α-hetero) is 1. The highest BCUT2D eigenvalue weighted by Gasteiger charge is 2.45. The van der Waals surface area contributed by atoms with E-state index in [0.717, 1.165) is 16.7 Å². The first-order valence-corrected chi connectivity index (χ1v) is 8.59. The average molecular weight is 369 g/mol. The van der Waals surface area contributed by atoms with Crippen molar-refractivity contribution in [2.24, 2.45) is 0 Å². The van der Waals surface area contributed by atoms with Crippen molar-refractivity contribution in [1.29, 1.82) is 0 Å². The van der Waals surface area contributed by atoms with Gasteiger partial charge in [0, 0.05) is 19.8 Å². The molecule has 0 bridgehead atoms. The molecule has 0 atom stereocenters. The Bertz CT molecular complexity index is 958. The average Bonchev–Trinajstić information content (AvgIpc) is 3.09. The number of aromatic amines is 1. The Morgan fingerprint density at radius 1 is 1.07 bits per heavy atom. The molecule has 0 amide bonds. The molecule has 3 aromatic rings. The molecule has 0 spiro atoms. The number of carbonyl (C=O) groups is 1. The standard InChI is InChI=1S/C20H17F2N3O2/c1-12(26)18-19(24-25-23-18)27-17-8-6-14(7-9-17)13-2-4-15(5-3-13)16-10-20(21,22)11-16/h2-9,16H,10-11H2,1H3,(H,23,24,25). The summed E-state index contributed by atoms with van der Waals surface area (Å²) in [4.78, 5) is 11.5. The normalized spacial score (nSPS) is 16.0. The molecule has 138 valence electrons. The van der Waals surface area contributed by atoms with Crippen molar-refractivity contribution in [1.82, 2.24) is 15.4 Å². The first-order valence-electron chi connectivity index (χ1n) is 8.59. The third-order valence-corrected chi connectivity index (χ3v) is 4.74. The van der Waals surface area contributed by atoms with Crippen molar-refractivity contribution >= 4 is 5.78 Å². The lowest BCUT2D eigenvalue weighted by Crippen LogP contribution is -2.33. The fourth-order valence-corrected chi connectivity index (χ4v) is 3.19. The Morgan fingerprint density at radius 2 is 1.67 bits per heavy atom. The van der Waals surface area contributed by atoms with Crippen molar-refractivity contribution in [2.75, 3.05) is 0 Å². The second-order valence-corrected chi connectivity index (χ2v) is 6.76. The van der Waals surface area contributed by atoms with E-state index in [4.69, 9.17) is 4.74 Å². The number of halogens is 2. The Kier molecular flexibility index (Phi) is 4.22. The molecule has 0 saturated heterocycles. The van der Waals surface area contributed by atoms with Crippen LogP contribution in [0.1, 0.15) is 41.7 Å². The van der Waals surface area contributed by atoms with Crippen LogP contribution >= 0.6 is 0 Å². The highest BCUT2D eigenvalue weighted by atomic mass is 19.3. The van der Waals surface area contributed by atoms with Gasteiger partial charge in [0.15, 0.2) is 11.5 Å². The number of benzene rings is 2. The van der Waals surface area contributed by atoms with E-state index in [1.807, 2.05) is 36.4 Å². The van der Waals surface area contributed by atoms with Crippen LogP contribution in [-0.2, 0) is 0 Å². The van der Waals surface area contributed by atoms with E-state index in [1.54, 1.807) is 12.1 Å². The van der Waals surface area contributed by atoms with E-state index >= 15 is 0 Å². The number of alkyl halides is 2. The summed E-state index contributed by atoms with van der Waals surface area (Å²) in [5.74, 6) is -2.11. The molecule has 0 radical (unpaired) electrons. The number of H-pyrrole nitrogens is 1. The van der Waals surface area contributed by atoms with E-state index < -0.39 is 5.92 Å². The van der Waals surface area contributed by atoms with Crippen molar-refractivity contribution in [2.45, 2.75) is 31.6 Å². The Balaban J connectivity index is 1.46.